The van der Waals surface area contributed by atoms with Gasteiger partial charge in [-0.05, 0) is 36.2 Å². The third-order valence-electron chi connectivity index (χ3n) is 5.87. The van der Waals surface area contributed by atoms with E-state index in [0.29, 0.717) is 23.2 Å². The average molecular weight is 454 g/mol. The highest BCUT2D eigenvalue weighted by Gasteiger charge is 2.33. The van der Waals surface area contributed by atoms with E-state index < -0.39 is 6.10 Å². The van der Waals surface area contributed by atoms with Crippen LogP contribution in [0.3, 0.4) is 0 Å². The first-order chi connectivity index (χ1) is 15.7. The second-order valence-electron chi connectivity index (χ2n) is 7.96. The normalized spacial score (nSPS) is 18.6. The molecule has 3 aromatic rings. The fraction of sp³-hybridized carbons (Fsp3) is 0.417. The number of aryl methyl sites for hydroxylation is 1. The number of nitrogens with zero attached hydrogens (tertiary/aromatic N) is 3. The first-order valence-electron chi connectivity index (χ1n) is 11.1. The van der Waals surface area contributed by atoms with Crippen molar-refractivity contribution in [3.8, 4) is 11.5 Å². The predicted molar refractivity (Wildman–Crippen MR) is 125 cm³/mol. The number of ether oxygens (including phenoxy) is 3. The SMILES string of the molecule is CCc1ccc2nc(N(CCN3CCOCC3)C(=O)[C@H]3COc4ccccc4O3)sc2c1. The standard InChI is InChI=1S/C24H27N3O4S/c1-2-17-7-8-18-22(15-17)32-24(25-18)27(10-9-26-11-13-29-14-12-26)23(28)21-16-30-19-5-3-4-6-20(19)31-21/h3-8,15,21H,2,9-14,16H2,1H3/t21-/m1/s1. The number of hydrogen-bond donors (Lipinski definition) is 0. The Morgan fingerprint density at radius 3 is 2.81 bits per heavy atom. The Hall–Kier alpha value is -2.68. The van der Waals surface area contributed by atoms with Crippen molar-refractivity contribution in [3.05, 3.63) is 48.0 Å². The van der Waals surface area contributed by atoms with Gasteiger partial charge in [-0.15, -0.1) is 0 Å². The van der Waals surface area contributed by atoms with E-state index in [0.717, 1.165) is 49.5 Å². The highest BCUT2D eigenvalue weighted by atomic mass is 32.1. The lowest BCUT2D eigenvalue weighted by molar-refractivity contribution is -0.127. The van der Waals surface area contributed by atoms with Crippen LogP contribution in [0, 0.1) is 0 Å². The highest BCUT2D eigenvalue weighted by Crippen LogP contribution is 2.34. The Morgan fingerprint density at radius 2 is 2.00 bits per heavy atom. The number of amides is 1. The maximum atomic E-state index is 13.6. The first-order valence-corrected chi connectivity index (χ1v) is 11.9. The summed E-state index contributed by atoms with van der Waals surface area (Å²) in [5, 5.41) is 0.703. The van der Waals surface area contributed by atoms with E-state index in [2.05, 4.69) is 24.0 Å². The second kappa shape index (κ2) is 9.44. The average Bonchev–Trinajstić information content (AvgIpc) is 3.27. The number of carbonyl (C=O) groups is 1. The summed E-state index contributed by atoms with van der Waals surface area (Å²) in [7, 11) is 0. The zero-order chi connectivity index (χ0) is 21.9. The summed E-state index contributed by atoms with van der Waals surface area (Å²) in [6.45, 7) is 6.83. The molecule has 0 radical (unpaired) electrons. The van der Waals surface area contributed by atoms with E-state index in [1.165, 1.54) is 5.56 Å². The molecule has 8 heteroatoms. The topological polar surface area (TPSA) is 64.1 Å². The van der Waals surface area contributed by atoms with Crippen LogP contribution in [-0.4, -0.2) is 67.9 Å². The molecule has 0 unspecified atom stereocenters. The van der Waals surface area contributed by atoms with Gasteiger partial charge >= 0.3 is 0 Å². The van der Waals surface area contributed by atoms with Crippen molar-refractivity contribution < 1.29 is 19.0 Å². The Morgan fingerprint density at radius 1 is 1.19 bits per heavy atom. The van der Waals surface area contributed by atoms with Crippen molar-refractivity contribution in [2.24, 2.45) is 0 Å². The lowest BCUT2D eigenvalue weighted by atomic mass is 10.2. The summed E-state index contributed by atoms with van der Waals surface area (Å²) in [6.07, 6.45) is 0.267. The Balaban J connectivity index is 1.40. The minimum absolute atomic E-state index is 0.123. The molecule has 5 rings (SSSR count). The van der Waals surface area contributed by atoms with Crippen molar-refractivity contribution in [2.75, 3.05) is 50.9 Å². The van der Waals surface area contributed by atoms with Gasteiger partial charge in [-0.25, -0.2) is 4.98 Å². The molecule has 7 nitrogen and oxygen atoms in total. The minimum Gasteiger partial charge on any atom is -0.485 e. The van der Waals surface area contributed by atoms with Crippen molar-refractivity contribution in [3.63, 3.8) is 0 Å². The van der Waals surface area contributed by atoms with Crippen molar-refractivity contribution in [1.82, 2.24) is 9.88 Å². The number of fused-ring (bicyclic) bond motifs is 2. The molecular weight excluding hydrogens is 426 g/mol. The second-order valence-corrected chi connectivity index (χ2v) is 8.97. The van der Waals surface area contributed by atoms with Gasteiger partial charge in [-0.3, -0.25) is 14.6 Å². The number of thiazole rings is 1. The number of para-hydroxylation sites is 2. The number of morpholine rings is 1. The van der Waals surface area contributed by atoms with Gasteiger partial charge in [0, 0.05) is 26.2 Å². The van der Waals surface area contributed by atoms with Crippen molar-refractivity contribution in [1.29, 1.82) is 0 Å². The van der Waals surface area contributed by atoms with Crippen LogP contribution < -0.4 is 14.4 Å². The summed E-state index contributed by atoms with van der Waals surface area (Å²) in [6, 6.07) is 13.8. The molecule has 2 aromatic carbocycles. The molecule has 0 spiro atoms. The first kappa shape index (κ1) is 21.2. The third kappa shape index (κ3) is 4.44. The van der Waals surface area contributed by atoms with Crippen LogP contribution >= 0.6 is 11.3 Å². The molecule has 1 saturated heterocycles. The number of benzene rings is 2. The maximum absolute atomic E-state index is 13.6. The van der Waals surface area contributed by atoms with Gasteiger partial charge in [0.15, 0.2) is 16.6 Å². The van der Waals surface area contributed by atoms with Gasteiger partial charge in [0.2, 0.25) is 6.10 Å². The number of carbonyl (C=O) groups excluding carboxylic acids is 1. The minimum atomic E-state index is -0.701. The Labute approximate surface area is 191 Å². The van der Waals surface area contributed by atoms with Crippen molar-refractivity contribution >= 4 is 32.6 Å². The van der Waals surface area contributed by atoms with Crippen LogP contribution in [0.15, 0.2) is 42.5 Å². The molecule has 1 atom stereocenters. The molecule has 1 aromatic heterocycles. The van der Waals surface area contributed by atoms with Crippen LogP contribution in [0.5, 0.6) is 11.5 Å². The lowest BCUT2D eigenvalue weighted by Crippen LogP contribution is -2.49. The molecule has 1 fully saturated rings. The monoisotopic (exact) mass is 453 g/mol. The van der Waals surface area contributed by atoms with Crippen LogP contribution in [-0.2, 0) is 16.0 Å². The van der Waals surface area contributed by atoms with Gasteiger partial charge in [0.25, 0.3) is 5.91 Å². The highest BCUT2D eigenvalue weighted by molar-refractivity contribution is 7.22. The van der Waals surface area contributed by atoms with Crippen LogP contribution in [0.1, 0.15) is 12.5 Å². The molecule has 0 aliphatic carbocycles. The Bertz CT molecular complexity index is 1100. The smallest absolute Gasteiger partial charge is 0.273 e. The van der Waals surface area contributed by atoms with E-state index in [1.807, 2.05) is 30.3 Å². The van der Waals surface area contributed by atoms with Crippen LogP contribution in [0.4, 0.5) is 5.13 Å². The molecular formula is C24H27N3O4S. The maximum Gasteiger partial charge on any atom is 0.273 e. The summed E-state index contributed by atoms with van der Waals surface area (Å²) >= 11 is 1.55. The molecule has 168 valence electrons. The number of anilines is 1. The van der Waals surface area contributed by atoms with E-state index in [1.54, 1.807) is 16.2 Å². The molecule has 0 bridgehead atoms. The summed E-state index contributed by atoms with van der Waals surface area (Å²) in [5.74, 6) is 1.15. The molecule has 2 aliphatic heterocycles. The molecule has 0 N–H and O–H groups in total. The van der Waals surface area contributed by atoms with E-state index in [-0.39, 0.29) is 12.5 Å². The lowest BCUT2D eigenvalue weighted by Gasteiger charge is -2.32. The third-order valence-corrected chi connectivity index (χ3v) is 6.92. The predicted octanol–water partition coefficient (Wildman–Crippen LogP) is 3.36. The largest absolute Gasteiger partial charge is 0.485 e. The number of hydrogen-bond acceptors (Lipinski definition) is 7. The van der Waals surface area contributed by atoms with Gasteiger partial charge in [0.05, 0.1) is 23.4 Å². The Kier molecular flexibility index (Phi) is 6.25. The quantitative estimate of drug-likeness (QED) is 0.570. The van der Waals surface area contributed by atoms with Crippen LogP contribution in [0.25, 0.3) is 10.2 Å². The zero-order valence-electron chi connectivity index (χ0n) is 18.2. The summed E-state index contributed by atoms with van der Waals surface area (Å²) in [4.78, 5) is 22.5. The van der Waals surface area contributed by atoms with Crippen LogP contribution in [0.2, 0.25) is 0 Å². The fourth-order valence-electron chi connectivity index (χ4n) is 3.97. The molecule has 2 aliphatic rings. The van der Waals surface area contributed by atoms with Gasteiger partial charge < -0.3 is 14.2 Å². The number of rotatable bonds is 6. The van der Waals surface area contributed by atoms with E-state index >= 15 is 0 Å². The number of aromatic nitrogens is 1. The van der Waals surface area contributed by atoms with Gasteiger partial charge in [-0.1, -0.05) is 36.5 Å². The molecule has 3 heterocycles. The zero-order valence-corrected chi connectivity index (χ0v) is 19.0. The van der Waals surface area contributed by atoms with E-state index in [9.17, 15) is 4.79 Å². The molecule has 1 amide bonds. The molecule has 0 saturated carbocycles. The van der Waals surface area contributed by atoms with Crippen molar-refractivity contribution in [2.45, 2.75) is 19.4 Å². The summed E-state index contributed by atoms with van der Waals surface area (Å²) < 4.78 is 18.4. The molecule has 32 heavy (non-hydrogen) atoms. The fourth-order valence-corrected chi connectivity index (χ4v) is 5.03. The van der Waals surface area contributed by atoms with E-state index in [4.69, 9.17) is 19.2 Å². The summed E-state index contributed by atoms with van der Waals surface area (Å²) in [5.41, 5.74) is 2.18. The van der Waals surface area contributed by atoms with Gasteiger partial charge in [0.1, 0.15) is 6.61 Å². The van der Waals surface area contributed by atoms with Gasteiger partial charge in [-0.2, -0.15) is 0 Å².